The van der Waals surface area contributed by atoms with E-state index in [4.69, 9.17) is 4.74 Å². The van der Waals surface area contributed by atoms with Crippen LogP contribution in [0, 0.1) is 19.8 Å². The molecule has 0 aromatic carbocycles. The molecule has 6 heteroatoms. The van der Waals surface area contributed by atoms with Gasteiger partial charge in [-0.05, 0) is 32.3 Å². The lowest BCUT2D eigenvalue weighted by molar-refractivity contribution is -0.131. The summed E-state index contributed by atoms with van der Waals surface area (Å²) < 4.78 is 6.77. The van der Waals surface area contributed by atoms with Crippen LogP contribution in [0.25, 0.3) is 0 Å². The molecule has 0 fully saturated rings. The molecular formula is C20H30N2O4. The molecule has 0 saturated carbocycles. The highest BCUT2D eigenvalue weighted by Crippen LogP contribution is 2.23. The van der Waals surface area contributed by atoms with E-state index in [0.29, 0.717) is 35.5 Å². The minimum Gasteiger partial charge on any atom is -0.461 e. The maximum Gasteiger partial charge on any atom is 0.355 e. The minimum absolute atomic E-state index is 0.0362. The molecule has 6 nitrogen and oxygen atoms in total. The second-order valence-electron chi connectivity index (χ2n) is 6.80. The second-order valence-corrected chi connectivity index (χ2v) is 6.80. The molecule has 0 spiro atoms. The van der Waals surface area contributed by atoms with Crippen LogP contribution in [0.15, 0.2) is 12.7 Å². The largest absolute Gasteiger partial charge is 0.461 e. The summed E-state index contributed by atoms with van der Waals surface area (Å²) in [5, 5.41) is 0. The minimum atomic E-state index is -0.450. The van der Waals surface area contributed by atoms with E-state index >= 15 is 0 Å². The van der Waals surface area contributed by atoms with Gasteiger partial charge < -0.3 is 14.2 Å². The number of carbonyl (C=O) groups is 3. The third-order valence-electron chi connectivity index (χ3n) is 4.30. The molecule has 0 aliphatic rings. The fraction of sp³-hybridized carbons (Fsp3) is 0.550. The molecule has 1 aromatic rings. The van der Waals surface area contributed by atoms with Gasteiger partial charge in [0.15, 0.2) is 5.78 Å². The molecule has 0 radical (unpaired) electrons. The molecular weight excluding hydrogens is 332 g/mol. The number of amides is 1. The van der Waals surface area contributed by atoms with E-state index in [9.17, 15) is 14.4 Å². The van der Waals surface area contributed by atoms with Crippen LogP contribution in [-0.4, -0.2) is 46.8 Å². The van der Waals surface area contributed by atoms with Gasteiger partial charge in [0.2, 0.25) is 5.91 Å². The van der Waals surface area contributed by atoms with Crippen LogP contribution in [0.2, 0.25) is 0 Å². The van der Waals surface area contributed by atoms with Gasteiger partial charge in [-0.2, -0.15) is 0 Å². The van der Waals surface area contributed by atoms with Crippen LogP contribution in [0.1, 0.15) is 59.3 Å². The zero-order chi connectivity index (χ0) is 20.0. The lowest BCUT2D eigenvalue weighted by Crippen LogP contribution is -2.36. The molecule has 26 heavy (non-hydrogen) atoms. The zero-order valence-electron chi connectivity index (χ0n) is 16.7. The summed E-state index contributed by atoms with van der Waals surface area (Å²) in [5.74, 6) is -0.510. The van der Waals surface area contributed by atoms with E-state index in [1.807, 2.05) is 13.8 Å². The second kappa shape index (κ2) is 9.36. The Balaban J connectivity index is 3.16. The van der Waals surface area contributed by atoms with Gasteiger partial charge in [0.1, 0.15) is 5.69 Å². The number of esters is 1. The number of ketones is 1. The first-order valence-electron chi connectivity index (χ1n) is 8.90. The van der Waals surface area contributed by atoms with Gasteiger partial charge >= 0.3 is 5.97 Å². The number of Topliss-reactive ketones (excluding diaryl/α,β-unsaturated/α-hetero) is 1. The number of aromatic nitrogens is 1. The lowest BCUT2D eigenvalue weighted by Gasteiger charge is -2.21. The summed E-state index contributed by atoms with van der Waals surface area (Å²) in [6.07, 6.45) is 1.99. The summed E-state index contributed by atoms with van der Waals surface area (Å²) >= 11 is 0. The van der Waals surface area contributed by atoms with E-state index in [0.717, 1.165) is 0 Å². The molecule has 1 rings (SSSR count). The normalized spacial score (nSPS) is 10.7. The standard InChI is InChI=1S/C20H30N2O4/c1-8-10-22(17(24)11-13(3)4)12-16(23)18-14(5)19(20(25)26-9-2)21(7)15(18)6/h8,13H,1,9-12H2,2-7H3. The lowest BCUT2D eigenvalue weighted by atomic mass is 10.0. The topological polar surface area (TPSA) is 68.6 Å². The highest BCUT2D eigenvalue weighted by Gasteiger charge is 2.27. The first-order chi connectivity index (χ1) is 12.1. The molecule has 144 valence electrons. The summed E-state index contributed by atoms with van der Waals surface area (Å²) in [4.78, 5) is 39.0. The maximum atomic E-state index is 12.9. The summed E-state index contributed by atoms with van der Waals surface area (Å²) in [6.45, 7) is 13.4. The number of carbonyl (C=O) groups excluding carboxylic acids is 3. The van der Waals surface area contributed by atoms with Crippen molar-refractivity contribution in [2.24, 2.45) is 13.0 Å². The zero-order valence-corrected chi connectivity index (χ0v) is 16.7. The van der Waals surface area contributed by atoms with Crippen molar-refractivity contribution in [2.45, 2.75) is 41.0 Å². The third-order valence-corrected chi connectivity index (χ3v) is 4.30. The van der Waals surface area contributed by atoms with E-state index < -0.39 is 5.97 Å². The highest BCUT2D eigenvalue weighted by atomic mass is 16.5. The van der Waals surface area contributed by atoms with Crippen molar-refractivity contribution in [2.75, 3.05) is 19.7 Å². The molecule has 0 aliphatic carbocycles. The Morgan fingerprint density at radius 2 is 1.88 bits per heavy atom. The van der Waals surface area contributed by atoms with E-state index in [1.165, 1.54) is 4.90 Å². The van der Waals surface area contributed by atoms with E-state index in [1.54, 1.807) is 38.5 Å². The van der Waals surface area contributed by atoms with Gasteiger partial charge in [-0.15, -0.1) is 6.58 Å². The smallest absolute Gasteiger partial charge is 0.355 e. The van der Waals surface area contributed by atoms with Crippen molar-refractivity contribution in [1.82, 2.24) is 9.47 Å². The molecule has 1 aromatic heterocycles. The molecule has 0 saturated heterocycles. The number of rotatable bonds is 9. The molecule has 0 bridgehead atoms. The predicted molar refractivity (Wildman–Crippen MR) is 101 cm³/mol. The van der Waals surface area contributed by atoms with Crippen molar-refractivity contribution in [1.29, 1.82) is 0 Å². The Morgan fingerprint density at radius 1 is 1.27 bits per heavy atom. The van der Waals surface area contributed by atoms with Gasteiger partial charge in [-0.25, -0.2) is 4.79 Å². The van der Waals surface area contributed by atoms with Crippen molar-refractivity contribution in [3.8, 4) is 0 Å². The first kappa shape index (κ1) is 21.7. The number of hydrogen-bond acceptors (Lipinski definition) is 4. The van der Waals surface area contributed by atoms with Crippen molar-refractivity contribution < 1.29 is 19.1 Å². The van der Waals surface area contributed by atoms with Gasteiger partial charge in [-0.1, -0.05) is 19.9 Å². The fourth-order valence-electron chi connectivity index (χ4n) is 3.02. The Morgan fingerprint density at radius 3 is 2.38 bits per heavy atom. The predicted octanol–water partition coefficient (Wildman–Crippen LogP) is 3.06. The average molecular weight is 362 g/mol. The van der Waals surface area contributed by atoms with Gasteiger partial charge in [0, 0.05) is 31.3 Å². The number of hydrogen-bond donors (Lipinski definition) is 0. The third kappa shape index (κ3) is 4.84. The summed E-state index contributed by atoms with van der Waals surface area (Å²) in [6, 6.07) is 0. The van der Waals surface area contributed by atoms with Crippen LogP contribution < -0.4 is 0 Å². The van der Waals surface area contributed by atoms with Crippen LogP contribution in [-0.2, 0) is 16.6 Å². The van der Waals surface area contributed by atoms with E-state index in [2.05, 4.69) is 6.58 Å². The van der Waals surface area contributed by atoms with E-state index in [-0.39, 0.29) is 30.8 Å². The Kier molecular flexibility index (Phi) is 7.80. The Labute approximate surface area is 155 Å². The van der Waals surface area contributed by atoms with Gasteiger partial charge in [0.25, 0.3) is 0 Å². The maximum absolute atomic E-state index is 12.9. The number of ether oxygens (including phenoxy) is 1. The first-order valence-corrected chi connectivity index (χ1v) is 8.90. The molecule has 0 aliphatic heterocycles. The van der Waals surface area contributed by atoms with Crippen LogP contribution in [0.5, 0.6) is 0 Å². The highest BCUT2D eigenvalue weighted by molar-refractivity contribution is 6.04. The summed E-state index contributed by atoms with van der Waals surface area (Å²) in [5.41, 5.74) is 2.12. The Bertz CT molecular complexity index is 701. The molecule has 0 N–H and O–H groups in total. The van der Waals surface area contributed by atoms with Crippen molar-refractivity contribution in [3.63, 3.8) is 0 Å². The fourth-order valence-corrected chi connectivity index (χ4v) is 3.02. The summed E-state index contributed by atoms with van der Waals surface area (Å²) in [7, 11) is 1.73. The molecule has 1 amide bonds. The van der Waals surface area contributed by atoms with Gasteiger partial charge in [0.05, 0.1) is 13.2 Å². The van der Waals surface area contributed by atoms with Crippen LogP contribution in [0.4, 0.5) is 0 Å². The monoisotopic (exact) mass is 362 g/mol. The average Bonchev–Trinajstić information content (AvgIpc) is 2.76. The van der Waals surface area contributed by atoms with Gasteiger partial charge in [-0.3, -0.25) is 9.59 Å². The molecule has 0 atom stereocenters. The molecule has 0 unspecified atom stereocenters. The van der Waals surface area contributed by atoms with Crippen molar-refractivity contribution >= 4 is 17.7 Å². The quantitative estimate of drug-likeness (QED) is 0.385. The van der Waals surface area contributed by atoms with Crippen molar-refractivity contribution in [3.05, 3.63) is 35.2 Å². The Hall–Kier alpha value is -2.37. The van der Waals surface area contributed by atoms with Crippen LogP contribution in [0.3, 0.4) is 0 Å². The SMILES string of the molecule is C=CCN(CC(=O)c1c(C)c(C(=O)OCC)n(C)c1C)C(=O)CC(C)C. The molecule has 1 heterocycles. The van der Waals surface area contributed by atoms with Crippen LogP contribution >= 0.6 is 0 Å². The number of nitrogens with zero attached hydrogens (tertiary/aromatic N) is 2.